The number of carbonyl (C=O) groups is 2. The molecule has 2 amide bonds. The molecule has 5 heteroatoms. The minimum Gasteiger partial charge on any atom is -0.355 e. The van der Waals surface area contributed by atoms with Crippen LogP contribution in [0.1, 0.15) is 13.3 Å². The van der Waals surface area contributed by atoms with Crippen LogP contribution in [0.3, 0.4) is 0 Å². The number of amides is 2. The summed E-state index contributed by atoms with van der Waals surface area (Å²) in [7, 11) is 0. The summed E-state index contributed by atoms with van der Waals surface area (Å²) >= 11 is 0. The normalized spacial score (nSPS) is 31.5. The lowest BCUT2D eigenvalue weighted by molar-refractivity contribution is -0.141. The van der Waals surface area contributed by atoms with Gasteiger partial charge in [-0.05, 0) is 6.92 Å². The average molecular weight is 211 g/mol. The van der Waals surface area contributed by atoms with Crippen molar-refractivity contribution in [2.24, 2.45) is 5.41 Å². The lowest BCUT2D eigenvalue weighted by atomic mass is 9.87. The molecule has 0 aromatic rings. The second kappa shape index (κ2) is 3.81. The molecule has 5 nitrogen and oxygen atoms in total. The van der Waals surface area contributed by atoms with E-state index in [0.29, 0.717) is 13.0 Å². The predicted octanol–water partition coefficient (Wildman–Crippen LogP) is -1.06. The summed E-state index contributed by atoms with van der Waals surface area (Å²) in [4.78, 5) is 25.2. The third-order valence-electron chi connectivity index (χ3n) is 3.15. The van der Waals surface area contributed by atoms with Crippen molar-refractivity contribution in [2.45, 2.75) is 13.3 Å². The molecule has 2 fully saturated rings. The van der Waals surface area contributed by atoms with Crippen LogP contribution in [0.4, 0.5) is 0 Å². The average Bonchev–Trinajstić information content (AvgIpc) is 2.60. The molecule has 0 spiro atoms. The van der Waals surface area contributed by atoms with E-state index >= 15 is 0 Å². The van der Waals surface area contributed by atoms with E-state index in [-0.39, 0.29) is 11.8 Å². The van der Waals surface area contributed by atoms with Gasteiger partial charge in [-0.1, -0.05) is 0 Å². The molecular formula is C10H17N3O2. The van der Waals surface area contributed by atoms with Crippen LogP contribution in [0, 0.1) is 5.41 Å². The quantitative estimate of drug-likeness (QED) is 0.581. The Hall–Kier alpha value is -1.10. The lowest BCUT2D eigenvalue weighted by Gasteiger charge is -2.33. The molecule has 84 valence electrons. The molecule has 2 heterocycles. The summed E-state index contributed by atoms with van der Waals surface area (Å²) in [6.07, 6.45) is 0.329. The number of nitrogens with zero attached hydrogens (tertiary/aromatic N) is 1. The minimum absolute atomic E-state index is 0.0130. The Morgan fingerprint density at radius 1 is 1.40 bits per heavy atom. The van der Waals surface area contributed by atoms with Crippen molar-refractivity contribution >= 4 is 11.8 Å². The van der Waals surface area contributed by atoms with E-state index in [1.807, 2.05) is 11.8 Å². The summed E-state index contributed by atoms with van der Waals surface area (Å²) in [5.41, 5.74) is -0.519. The molecule has 2 N–H and O–H groups in total. The van der Waals surface area contributed by atoms with Crippen LogP contribution < -0.4 is 10.6 Å². The zero-order valence-corrected chi connectivity index (χ0v) is 9.01. The van der Waals surface area contributed by atoms with Gasteiger partial charge in [-0.15, -0.1) is 0 Å². The monoisotopic (exact) mass is 211 g/mol. The van der Waals surface area contributed by atoms with E-state index in [2.05, 4.69) is 10.6 Å². The fourth-order valence-electron chi connectivity index (χ4n) is 2.17. The van der Waals surface area contributed by atoms with Crippen molar-refractivity contribution < 1.29 is 9.59 Å². The Morgan fingerprint density at radius 2 is 2.07 bits per heavy atom. The number of hydrogen-bond donors (Lipinski definition) is 2. The molecule has 0 radical (unpaired) electrons. The van der Waals surface area contributed by atoms with Gasteiger partial charge in [0, 0.05) is 39.1 Å². The third kappa shape index (κ3) is 1.97. The molecule has 0 saturated carbocycles. The Bertz CT molecular complexity index is 286. The maximum absolute atomic E-state index is 12.2. The Morgan fingerprint density at radius 3 is 2.60 bits per heavy atom. The molecule has 15 heavy (non-hydrogen) atoms. The summed E-state index contributed by atoms with van der Waals surface area (Å²) in [6, 6.07) is 0. The maximum Gasteiger partial charge on any atom is 0.230 e. The number of rotatable bonds is 1. The summed E-state index contributed by atoms with van der Waals surface area (Å²) in [6.45, 7) is 5.56. The van der Waals surface area contributed by atoms with Gasteiger partial charge in [-0.3, -0.25) is 9.59 Å². The SMILES string of the molecule is CC1(C(=O)N2CCNCC2)CNC(=O)C1. The summed E-state index contributed by atoms with van der Waals surface area (Å²) < 4.78 is 0. The molecule has 1 unspecified atom stereocenters. The first kappa shape index (κ1) is 10.4. The van der Waals surface area contributed by atoms with E-state index in [9.17, 15) is 9.59 Å². The molecule has 2 aliphatic rings. The van der Waals surface area contributed by atoms with Crippen LogP contribution >= 0.6 is 0 Å². The molecule has 2 rings (SSSR count). The maximum atomic E-state index is 12.2. The van der Waals surface area contributed by atoms with E-state index in [4.69, 9.17) is 0 Å². The first-order valence-electron chi connectivity index (χ1n) is 5.39. The standard InChI is InChI=1S/C10H17N3O2/c1-10(6-8(14)12-7-10)9(15)13-4-2-11-3-5-13/h11H,2-7H2,1H3,(H,12,14). The first-order valence-corrected chi connectivity index (χ1v) is 5.39. The zero-order valence-electron chi connectivity index (χ0n) is 9.01. The van der Waals surface area contributed by atoms with Gasteiger partial charge in [0.1, 0.15) is 0 Å². The van der Waals surface area contributed by atoms with Crippen molar-refractivity contribution in [1.82, 2.24) is 15.5 Å². The fraction of sp³-hybridized carbons (Fsp3) is 0.800. The van der Waals surface area contributed by atoms with Gasteiger partial charge in [-0.2, -0.15) is 0 Å². The second-order valence-corrected chi connectivity index (χ2v) is 4.56. The molecule has 0 bridgehead atoms. The van der Waals surface area contributed by atoms with Crippen LogP contribution in [-0.2, 0) is 9.59 Å². The number of carbonyl (C=O) groups excluding carboxylic acids is 2. The minimum atomic E-state index is -0.519. The van der Waals surface area contributed by atoms with Gasteiger partial charge in [0.05, 0.1) is 5.41 Å². The van der Waals surface area contributed by atoms with E-state index in [0.717, 1.165) is 26.2 Å². The van der Waals surface area contributed by atoms with Gasteiger partial charge in [-0.25, -0.2) is 0 Å². The van der Waals surface area contributed by atoms with E-state index in [1.165, 1.54) is 0 Å². The highest BCUT2D eigenvalue weighted by Gasteiger charge is 2.43. The molecule has 2 saturated heterocycles. The highest BCUT2D eigenvalue weighted by molar-refractivity contribution is 5.92. The van der Waals surface area contributed by atoms with Gasteiger partial charge < -0.3 is 15.5 Å². The topological polar surface area (TPSA) is 61.4 Å². The van der Waals surface area contributed by atoms with Crippen molar-refractivity contribution in [3.05, 3.63) is 0 Å². The number of piperazine rings is 1. The van der Waals surface area contributed by atoms with Crippen molar-refractivity contribution in [2.75, 3.05) is 32.7 Å². The molecule has 2 aliphatic heterocycles. The Balaban J connectivity index is 2.02. The largest absolute Gasteiger partial charge is 0.355 e. The molecule has 0 aliphatic carbocycles. The van der Waals surface area contributed by atoms with Gasteiger partial charge in [0.25, 0.3) is 0 Å². The predicted molar refractivity (Wildman–Crippen MR) is 55.2 cm³/mol. The van der Waals surface area contributed by atoms with Gasteiger partial charge in [0.15, 0.2) is 0 Å². The van der Waals surface area contributed by atoms with Crippen LogP contribution in [0.25, 0.3) is 0 Å². The van der Waals surface area contributed by atoms with Crippen LogP contribution in [0.5, 0.6) is 0 Å². The fourth-order valence-corrected chi connectivity index (χ4v) is 2.17. The van der Waals surface area contributed by atoms with E-state index < -0.39 is 5.41 Å². The number of nitrogens with one attached hydrogen (secondary N) is 2. The molecule has 1 atom stereocenters. The highest BCUT2D eigenvalue weighted by atomic mass is 16.2. The summed E-state index contributed by atoms with van der Waals surface area (Å²) in [5.74, 6) is 0.100. The van der Waals surface area contributed by atoms with Crippen LogP contribution in [0.15, 0.2) is 0 Å². The zero-order chi connectivity index (χ0) is 10.9. The van der Waals surface area contributed by atoms with Crippen molar-refractivity contribution in [3.8, 4) is 0 Å². The Labute approximate surface area is 89.2 Å². The van der Waals surface area contributed by atoms with Gasteiger partial charge in [0.2, 0.25) is 11.8 Å². The van der Waals surface area contributed by atoms with Crippen LogP contribution in [0.2, 0.25) is 0 Å². The molecule has 0 aromatic heterocycles. The van der Waals surface area contributed by atoms with Crippen LogP contribution in [-0.4, -0.2) is 49.4 Å². The van der Waals surface area contributed by atoms with Gasteiger partial charge >= 0.3 is 0 Å². The Kier molecular flexibility index (Phi) is 2.65. The molecular weight excluding hydrogens is 194 g/mol. The lowest BCUT2D eigenvalue weighted by Crippen LogP contribution is -2.51. The van der Waals surface area contributed by atoms with Crippen molar-refractivity contribution in [3.63, 3.8) is 0 Å². The van der Waals surface area contributed by atoms with E-state index in [1.54, 1.807) is 0 Å². The first-order chi connectivity index (χ1) is 7.12. The highest BCUT2D eigenvalue weighted by Crippen LogP contribution is 2.27. The number of hydrogen-bond acceptors (Lipinski definition) is 3. The molecule has 0 aromatic carbocycles. The summed E-state index contributed by atoms with van der Waals surface area (Å²) in [5, 5.41) is 5.93. The third-order valence-corrected chi connectivity index (χ3v) is 3.15. The smallest absolute Gasteiger partial charge is 0.230 e. The second-order valence-electron chi connectivity index (χ2n) is 4.56. The van der Waals surface area contributed by atoms with Crippen molar-refractivity contribution in [1.29, 1.82) is 0 Å².